The summed E-state index contributed by atoms with van der Waals surface area (Å²) in [6.07, 6.45) is 0.726. The van der Waals surface area contributed by atoms with Crippen molar-refractivity contribution in [2.45, 2.75) is 12.5 Å². The molecule has 1 atom stereocenters. The molecule has 0 aliphatic carbocycles. The Morgan fingerprint density at radius 1 is 1.25 bits per heavy atom. The maximum absolute atomic E-state index is 12.1. The van der Waals surface area contributed by atoms with Gasteiger partial charge in [-0.25, -0.2) is 0 Å². The van der Waals surface area contributed by atoms with E-state index in [9.17, 15) is 4.79 Å². The first-order valence-corrected chi connectivity index (χ1v) is 6.63. The van der Waals surface area contributed by atoms with Gasteiger partial charge in [0.25, 0.3) is 5.91 Å². The van der Waals surface area contributed by atoms with Crippen LogP contribution in [0.3, 0.4) is 0 Å². The fourth-order valence-corrected chi connectivity index (χ4v) is 2.26. The van der Waals surface area contributed by atoms with Crippen LogP contribution in [0.15, 0.2) is 36.4 Å². The van der Waals surface area contributed by atoms with E-state index in [1.54, 1.807) is 12.1 Å². The summed E-state index contributed by atoms with van der Waals surface area (Å²) < 4.78 is 5.56. The van der Waals surface area contributed by atoms with E-state index >= 15 is 0 Å². The summed E-state index contributed by atoms with van der Waals surface area (Å²) in [5, 5.41) is 10.7. The van der Waals surface area contributed by atoms with Crippen LogP contribution in [-0.4, -0.2) is 22.7 Å². The summed E-state index contributed by atoms with van der Waals surface area (Å²) in [7, 11) is 0. The van der Waals surface area contributed by atoms with Crippen LogP contribution < -0.4 is 10.1 Å². The quantitative estimate of drug-likeness (QED) is 0.922. The molecule has 0 saturated heterocycles. The number of nitrogens with one attached hydrogen (secondary N) is 1. The molecule has 1 aromatic heterocycles. The predicted octanol–water partition coefficient (Wildman–Crippen LogP) is 2.38. The monoisotopic (exact) mass is 289 g/mol. The molecular formula is C14H12ClN3O2. The highest BCUT2D eigenvalue weighted by molar-refractivity contribution is 6.29. The van der Waals surface area contributed by atoms with Crippen LogP contribution in [0.2, 0.25) is 5.15 Å². The van der Waals surface area contributed by atoms with Gasteiger partial charge in [-0.2, -0.15) is 0 Å². The van der Waals surface area contributed by atoms with Gasteiger partial charge in [-0.15, -0.1) is 10.2 Å². The van der Waals surface area contributed by atoms with Gasteiger partial charge < -0.3 is 10.1 Å². The lowest BCUT2D eigenvalue weighted by Crippen LogP contribution is -2.32. The van der Waals surface area contributed by atoms with Crippen LogP contribution >= 0.6 is 11.6 Å². The molecule has 2 aromatic rings. The Hall–Kier alpha value is -2.14. The van der Waals surface area contributed by atoms with E-state index in [2.05, 4.69) is 15.5 Å². The maximum atomic E-state index is 12.1. The molecule has 20 heavy (non-hydrogen) atoms. The predicted molar refractivity (Wildman–Crippen MR) is 73.8 cm³/mol. The molecule has 0 radical (unpaired) electrons. The highest BCUT2D eigenvalue weighted by Crippen LogP contribution is 2.31. The van der Waals surface area contributed by atoms with Gasteiger partial charge in [-0.05, 0) is 18.2 Å². The molecule has 6 heteroatoms. The fourth-order valence-electron chi connectivity index (χ4n) is 2.16. The number of benzene rings is 1. The maximum Gasteiger partial charge on any atom is 0.272 e. The van der Waals surface area contributed by atoms with Crippen LogP contribution in [0.25, 0.3) is 0 Å². The van der Waals surface area contributed by atoms with Crippen molar-refractivity contribution in [2.75, 3.05) is 6.61 Å². The Kier molecular flexibility index (Phi) is 3.52. The number of hydrogen-bond donors (Lipinski definition) is 1. The number of nitrogens with zero attached hydrogens (tertiary/aromatic N) is 2. The molecule has 0 saturated carbocycles. The molecule has 1 amide bonds. The average Bonchev–Trinajstić information content (AvgIpc) is 2.48. The molecule has 0 spiro atoms. The van der Waals surface area contributed by atoms with Crippen molar-refractivity contribution in [1.82, 2.24) is 15.5 Å². The third kappa shape index (κ3) is 2.58. The number of fused-ring (bicyclic) bond motifs is 1. The molecule has 1 aromatic carbocycles. The minimum atomic E-state index is -0.268. The lowest BCUT2D eigenvalue weighted by Gasteiger charge is -2.26. The van der Waals surface area contributed by atoms with Crippen LogP contribution in [0, 0.1) is 0 Å². The normalized spacial score (nSPS) is 16.9. The average molecular weight is 290 g/mol. The number of amides is 1. The summed E-state index contributed by atoms with van der Waals surface area (Å²) in [4.78, 5) is 12.1. The van der Waals surface area contributed by atoms with Gasteiger partial charge in [0.1, 0.15) is 5.75 Å². The van der Waals surface area contributed by atoms with Crippen LogP contribution in [-0.2, 0) is 0 Å². The second-order valence-electron chi connectivity index (χ2n) is 4.44. The Labute approximate surface area is 120 Å². The zero-order valence-corrected chi connectivity index (χ0v) is 11.3. The van der Waals surface area contributed by atoms with Gasteiger partial charge in [0.05, 0.1) is 12.6 Å². The van der Waals surface area contributed by atoms with Crippen LogP contribution in [0.5, 0.6) is 5.75 Å². The van der Waals surface area contributed by atoms with Gasteiger partial charge in [0.15, 0.2) is 10.8 Å². The number of aromatic nitrogens is 2. The Bertz CT molecular complexity index is 631. The summed E-state index contributed by atoms with van der Waals surface area (Å²) >= 11 is 5.65. The highest BCUT2D eigenvalue weighted by Gasteiger charge is 2.23. The minimum absolute atomic E-state index is 0.0788. The Balaban J connectivity index is 1.79. The van der Waals surface area contributed by atoms with Crippen LogP contribution in [0.1, 0.15) is 28.5 Å². The molecule has 1 aliphatic rings. The second-order valence-corrected chi connectivity index (χ2v) is 4.83. The third-order valence-electron chi connectivity index (χ3n) is 3.13. The molecule has 2 heterocycles. The summed E-state index contributed by atoms with van der Waals surface area (Å²) in [6, 6.07) is 10.7. The van der Waals surface area contributed by atoms with Crippen molar-refractivity contribution in [2.24, 2.45) is 0 Å². The molecule has 0 fully saturated rings. The molecule has 1 N–H and O–H groups in total. The first kappa shape index (κ1) is 12.9. The molecule has 102 valence electrons. The molecule has 1 aliphatic heterocycles. The van der Waals surface area contributed by atoms with Crippen molar-refractivity contribution in [3.63, 3.8) is 0 Å². The summed E-state index contributed by atoms with van der Waals surface area (Å²) in [5.41, 5.74) is 1.23. The van der Waals surface area contributed by atoms with Gasteiger partial charge >= 0.3 is 0 Å². The van der Waals surface area contributed by atoms with Crippen molar-refractivity contribution in [1.29, 1.82) is 0 Å². The largest absolute Gasteiger partial charge is 0.493 e. The van der Waals surface area contributed by atoms with Gasteiger partial charge in [-0.1, -0.05) is 29.8 Å². The zero-order chi connectivity index (χ0) is 13.9. The van der Waals surface area contributed by atoms with Crippen molar-refractivity contribution in [3.8, 4) is 5.75 Å². The summed E-state index contributed by atoms with van der Waals surface area (Å²) in [6.45, 7) is 0.578. The number of para-hydroxylation sites is 1. The SMILES string of the molecule is O=C(NC1CCOc2ccccc21)c1ccc(Cl)nn1. The summed E-state index contributed by atoms with van der Waals surface area (Å²) in [5.74, 6) is 0.544. The molecule has 0 bridgehead atoms. The molecular weight excluding hydrogens is 278 g/mol. The van der Waals surface area contributed by atoms with Crippen molar-refractivity contribution in [3.05, 3.63) is 52.8 Å². The third-order valence-corrected chi connectivity index (χ3v) is 3.33. The molecule has 3 rings (SSSR count). The number of carbonyl (C=O) groups excluding carboxylic acids is 1. The number of rotatable bonds is 2. The van der Waals surface area contributed by atoms with Crippen LogP contribution in [0.4, 0.5) is 0 Å². The number of halogens is 1. The van der Waals surface area contributed by atoms with E-state index in [0.717, 1.165) is 17.7 Å². The first-order valence-electron chi connectivity index (χ1n) is 6.26. The fraction of sp³-hybridized carbons (Fsp3) is 0.214. The second kappa shape index (κ2) is 5.46. The topological polar surface area (TPSA) is 64.1 Å². The minimum Gasteiger partial charge on any atom is -0.493 e. The lowest BCUT2D eigenvalue weighted by molar-refractivity contribution is 0.0918. The highest BCUT2D eigenvalue weighted by atomic mass is 35.5. The molecule has 5 nitrogen and oxygen atoms in total. The van der Waals surface area contributed by atoms with Crippen molar-refractivity contribution >= 4 is 17.5 Å². The van der Waals surface area contributed by atoms with E-state index in [1.165, 1.54) is 0 Å². The number of hydrogen-bond acceptors (Lipinski definition) is 4. The van der Waals surface area contributed by atoms with Gasteiger partial charge in [-0.3, -0.25) is 4.79 Å². The van der Waals surface area contributed by atoms with E-state index in [4.69, 9.17) is 16.3 Å². The smallest absolute Gasteiger partial charge is 0.272 e. The lowest BCUT2D eigenvalue weighted by atomic mass is 10.0. The zero-order valence-electron chi connectivity index (χ0n) is 10.5. The van der Waals surface area contributed by atoms with E-state index in [1.807, 2.05) is 24.3 Å². The van der Waals surface area contributed by atoms with Crippen molar-refractivity contribution < 1.29 is 9.53 Å². The van der Waals surface area contributed by atoms with E-state index in [0.29, 0.717) is 6.61 Å². The number of ether oxygens (including phenoxy) is 1. The Morgan fingerprint density at radius 2 is 2.10 bits per heavy atom. The van der Waals surface area contributed by atoms with Gasteiger partial charge in [0.2, 0.25) is 0 Å². The Morgan fingerprint density at radius 3 is 2.90 bits per heavy atom. The number of carbonyl (C=O) groups is 1. The van der Waals surface area contributed by atoms with E-state index in [-0.39, 0.29) is 22.8 Å². The van der Waals surface area contributed by atoms with Gasteiger partial charge in [0, 0.05) is 12.0 Å². The molecule has 1 unspecified atom stereocenters. The standard InChI is InChI=1S/C14H12ClN3O2/c15-13-6-5-11(17-18-13)14(19)16-10-7-8-20-12-4-2-1-3-9(10)12/h1-6,10H,7-8H2,(H,16,19). The first-order chi connectivity index (χ1) is 9.74. The van der Waals surface area contributed by atoms with E-state index < -0.39 is 0 Å².